The largest absolute Gasteiger partial charge is 0.506 e. The maximum atomic E-state index is 9.67. The van der Waals surface area contributed by atoms with Gasteiger partial charge in [-0.1, -0.05) is 6.07 Å². The van der Waals surface area contributed by atoms with Crippen molar-refractivity contribution in [1.29, 1.82) is 0 Å². The molecule has 0 saturated heterocycles. The number of phenols is 1. The maximum Gasteiger partial charge on any atom is 0.143 e. The van der Waals surface area contributed by atoms with Gasteiger partial charge in [-0.2, -0.15) is 0 Å². The molecule has 0 aliphatic rings. The molecule has 2 N–H and O–H groups in total. The summed E-state index contributed by atoms with van der Waals surface area (Å²) in [6, 6.07) is 9.98. The summed E-state index contributed by atoms with van der Waals surface area (Å²) in [4.78, 5) is 0. The normalized spacial score (nSPS) is 10.5. The van der Waals surface area contributed by atoms with Crippen LogP contribution in [0.25, 0.3) is 0 Å². The molecule has 0 fully saturated rings. The Bertz CT molecular complexity index is 591. The molecular formula is C14H12Br3NO. The SMILES string of the molecule is Cc1ccc(Br)c(NCc2cc(Br)c(O)c(Br)c2)c1. The van der Waals surface area contributed by atoms with Crippen molar-refractivity contribution in [2.24, 2.45) is 0 Å². The summed E-state index contributed by atoms with van der Waals surface area (Å²) in [6.45, 7) is 2.74. The molecule has 2 aromatic carbocycles. The third kappa shape index (κ3) is 3.74. The van der Waals surface area contributed by atoms with Crippen molar-refractivity contribution in [2.75, 3.05) is 5.32 Å². The van der Waals surface area contributed by atoms with Gasteiger partial charge in [-0.05, 0) is 90.1 Å². The second kappa shape index (κ2) is 6.29. The minimum Gasteiger partial charge on any atom is -0.506 e. The molecule has 2 nitrogen and oxygen atoms in total. The van der Waals surface area contributed by atoms with E-state index in [1.165, 1.54) is 5.56 Å². The highest BCUT2D eigenvalue weighted by atomic mass is 79.9. The number of hydrogen-bond donors (Lipinski definition) is 2. The molecule has 0 radical (unpaired) electrons. The summed E-state index contributed by atoms with van der Waals surface area (Å²) in [6.07, 6.45) is 0. The van der Waals surface area contributed by atoms with E-state index in [1.807, 2.05) is 18.2 Å². The van der Waals surface area contributed by atoms with E-state index >= 15 is 0 Å². The molecule has 0 aliphatic heterocycles. The Labute approximate surface area is 137 Å². The highest BCUT2D eigenvalue weighted by Crippen LogP contribution is 2.33. The van der Waals surface area contributed by atoms with Gasteiger partial charge in [0.1, 0.15) is 5.75 Å². The molecule has 2 aromatic rings. The van der Waals surface area contributed by atoms with Crippen molar-refractivity contribution in [3.05, 3.63) is 54.9 Å². The lowest BCUT2D eigenvalue weighted by Crippen LogP contribution is -2.00. The molecule has 0 spiro atoms. The lowest BCUT2D eigenvalue weighted by atomic mass is 10.2. The summed E-state index contributed by atoms with van der Waals surface area (Å²) in [7, 11) is 0. The van der Waals surface area contributed by atoms with Crippen LogP contribution in [0.3, 0.4) is 0 Å². The number of aromatic hydroxyl groups is 1. The summed E-state index contributed by atoms with van der Waals surface area (Å²) in [5.41, 5.74) is 3.34. The molecule has 0 aromatic heterocycles. The van der Waals surface area contributed by atoms with Crippen molar-refractivity contribution in [3.8, 4) is 5.75 Å². The van der Waals surface area contributed by atoms with Crippen molar-refractivity contribution in [2.45, 2.75) is 13.5 Å². The Morgan fingerprint density at radius 1 is 1.00 bits per heavy atom. The van der Waals surface area contributed by atoms with Crippen molar-refractivity contribution in [3.63, 3.8) is 0 Å². The smallest absolute Gasteiger partial charge is 0.143 e. The van der Waals surface area contributed by atoms with Gasteiger partial charge >= 0.3 is 0 Å². The first-order chi connectivity index (χ1) is 8.97. The summed E-state index contributed by atoms with van der Waals surface area (Å²) in [5, 5.41) is 13.0. The number of halogens is 3. The van der Waals surface area contributed by atoms with E-state index in [9.17, 15) is 5.11 Å². The Kier molecular flexibility index (Phi) is 4.92. The molecule has 0 unspecified atom stereocenters. The van der Waals surface area contributed by atoms with Crippen LogP contribution in [0.4, 0.5) is 5.69 Å². The van der Waals surface area contributed by atoms with Crippen LogP contribution in [0, 0.1) is 6.92 Å². The van der Waals surface area contributed by atoms with Gasteiger partial charge in [0.05, 0.1) is 8.95 Å². The molecule has 0 atom stereocenters. The van der Waals surface area contributed by atoms with E-state index in [1.54, 1.807) is 0 Å². The fraction of sp³-hybridized carbons (Fsp3) is 0.143. The Morgan fingerprint density at radius 3 is 2.26 bits per heavy atom. The number of aryl methyl sites for hydroxylation is 1. The molecule has 2 rings (SSSR count). The van der Waals surface area contributed by atoms with Gasteiger partial charge in [-0.25, -0.2) is 0 Å². The monoisotopic (exact) mass is 447 g/mol. The van der Waals surface area contributed by atoms with Gasteiger partial charge in [0, 0.05) is 16.7 Å². The predicted octanol–water partition coefficient (Wildman–Crippen LogP) is 5.60. The quantitative estimate of drug-likeness (QED) is 0.639. The Hall–Kier alpha value is -0.520. The van der Waals surface area contributed by atoms with Crippen molar-refractivity contribution in [1.82, 2.24) is 0 Å². The molecule has 0 aliphatic carbocycles. The van der Waals surface area contributed by atoms with Gasteiger partial charge in [-0.3, -0.25) is 0 Å². The predicted molar refractivity (Wildman–Crippen MR) is 89.7 cm³/mol. The zero-order valence-corrected chi connectivity index (χ0v) is 14.9. The van der Waals surface area contributed by atoms with Crippen LogP contribution >= 0.6 is 47.8 Å². The first-order valence-electron chi connectivity index (χ1n) is 5.64. The third-order valence-corrected chi connectivity index (χ3v) is 4.58. The second-order valence-electron chi connectivity index (χ2n) is 4.24. The molecule has 0 heterocycles. The number of nitrogens with one attached hydrogen (secondary N) is 1. The van der Waals surface area contributed by atoms with E-state index in [0.29, 0.717) is 15.5 Å². The molecular weight excluding hydrogens is 438 g/mol. The number of hydrogen-bond acceptors (Lipinski definition) is 2. The number of anilines is 1. The zero-order valence-electron chi connectivity index (χ0n) is 10.2. The highest BCUT2D eigenvalue weighted by Gasteiger charge is 2.06. The molecule has 0 amide bonds. The third-order valence-electron chi connectivity index (χ3n) is 2.68. The lowest BCUT2D eigenvalue weighted by molar-refractivity contribution is 0.468. The summed E-state index contributed by atoms with van der Waals surface area (Å²) >= 11 is 10.2. The van der Waals surface area contributed by atoms with E-state index < -0.39 is 0 Å². The van der Waals surface area contributed by atoms with Crippen LogP contribution in [0.15, 0.2) is 43.7 Å². The fourth-order valence-corrected chi connectivity index (χ4v) is 3.36. The van der Waals surface area contributed by atoms with Gasteiger partial charge in [0.25, 0.3) is 0 Å². The average molecular weight is 450 g/mol. The van der Waals surface area contributed by atoms with Gasteiger partial charge < -0.3 is 10.4 Å². The number of rotatable bonds is 3. The van der Waals surface area contributed by atoms with E-state index in [2.05, 4.69) is 72.2 Å². The number of phenolic OH excluding ortho intramolecular Hbond substituents is 1. The molecule has 5 heteroatoms. The average Bonchev–Trinajstić information content (AvgIpc) is 2.37. The highest BCUT2D eigenvalue weighted by molar-refractivity contribution is 9.11. The number of benzene rings is 2. The Balaban J connectivity index is 2.17. The van der Waals surface area contributed by atoms with Crippen LogP contribution in [0.2, 0.25) is 0 Å². The van der Waals surface area contributed by atoms with Crippen LogP contribution in [-0.2, 0) is 6.54 Å². The topological polar surface area (TPSA) is 32.3 Å². The molecule has 0 saturated carbocycles. The fourth-order valence-electron chi connectivity index (χ4n) is 1.69. The zero-order chi connectivity index (χ0) is 14.0. The van der Waals surface area contributed by atoms with Crippen molar-refractivity contribution < 1.29 is 5.11 Å². The summed E-state index contributed by atoms with van der Waals surface area (Å²) in [5.74, 6) is 0.223. The van der Waals surface area contributed by atoms with Crippen LogP contribution in [0.1, 0.15) is 11.1 Å². The first-order valence-corrected chi connectivity index (χ1v) is 8.02. The molecule has 100 valence electrons. The van der Waals surface area contributed by atoms with Gasteiger partial charge in [0.2, 0.25) is 0 Å². The molecule has 19 heavy (non-hydrogen) atoms. The van der Waals surface area contributed by atoms with Gasteiger partial charge in [-0.15, -0.1) is 0 Å². The summed E-state index contributed by atoms with van der Waals surface area (Å²) < 4.78 is 2.40. The lowest BCUT2D eigenvalue weighted by Gasteiger charge is -2.11. The first kappa shape index (κ1) is 14.9. The van der Waals surface area contributed by atoms with Crippen LogP contribution in [-0.4, -0.2) is 5.11 Å². The maximum absolute atomic E-state index is 9.67. The molecule has 0 bridgehead atoms. The second-order valence-corrected chi connectivity index (χ2v) is 6.81. The van der Waals surface area contributed by atoms with E-state index in [4.69, 9.17) is 0 Å². The van der Waals surface area contributed by atoms with Crippen molar-refractivity contribution >= 4 is 53.5 Å². The Morgan fingerprint density at radius 2 is 1.63 bits per heavy atom. The van der Waals surface area contributed by atoms with Crippen LogP contribution < -0.4 is 5.32 Å². The minimum atomic E-state index is 0.223. The van der Waals surface area contributed by atoms with Crippen LogP contribution in [0.5, 0.6) is 5.75 Å². The minimum absolute atomic E-state index is 0.223. The van der Waals surface area contributed by atoms with Gasteiger partial charge in [0.15, 0.2) is 0 Å². The van der Waals surface area contributed by atoms with E-state index in [-0.39, 0.29) is 5.75 Å². The standard InChI is InChI=1S/C14H12Br3NO/c1-8-2-3-10(15)13(4-8)18-7-9-5-11(16)14(19)12(17)6-9/h2-6,18-19H,7H2,1H3. The van der Waals surface area contributed by atoms with E-state index in [0.717, 1.165) is 15.7 Å².